The fraction of sp³-hybridized carbons (Fsp3) is 0.476. The fourth-order valence-corrected chi connectivity index (χ4v) is 3.85. The quantitative estimate of drug-likeness (QED) is 0.871. The Morgan fingerprint density at radius 1 is 1.17 bits per heavy atom. The van der Waals surface area contributed by atoms with Crippen LogP contribution in [0.2, 0.25) is 0 Å². The number of nitrogens with two attached hydrogens (primary N) is 1. The molecular weight excluding hydrogens is 296 g/mol. The second-order valence-corrected chi connectivity index (χ2v) is 7.23. The lowest BCUT2D eigenvalue weighted by atomic mass is 9.86. The van der Waals surface area contributed by atoms with E-state index in [2.05, 4.69) is 66.9 Å². The van der Waals surface area contributed by atoms with E-state index in [4.69, 9.17) is 0 Å². The molecular formula is C21H29N2O+. The molecule has 0 aliphatic heterocycles. The van der Waals surface area contributed by atoms with Gasteiger partial charge in [0.2, 0.25) is 0 Å². The van der Waals surface area contributed by atoms with Gasteiger partial charge in [0.15, 0.2) is 6.54 Å². The van der Waals surface area contributed by atoms with E-state index in [1.807, 2.05) is 0 Å². The summed E-state index contributed by atoms with van der Waals surface area (Å²) in [6.45, 7) is 4.93. The van der Waals surface area contributed by atoms with Crippen molar-refractivity contribution in [2.75, 3.05) is 6.54 Å². The van der Waals surface area contributed by atoms with E-state index in [1.165, 1.54) is 35.6 Å². The Balaban J connectivity index is 1.58. The summed E-state index contributed by atoms with van der Waals surface area (Å²) in [5.74, 6) is 0.777. The van der Waals surface area contributed by atoms with Crippen LogP contribution in [0.4, 0.5) is 0 Å². The number of carbonyl (C=O) groups is 1. The molecule has 0 spiro atoms. The number of carbonyl (C=O) groups excluding carboxylic acids is 1. The van der Waals surface area contributed by atoms with Gasteiger partial charge in [-0.25, -0.2) is 0 Å². The molecule has 3 N–H and O–H groups in total. The third-order valence-corrected chi connectivity index (χ3v) is 5.43. The maximum absolute atomic E-state index is 12.3. The summed E-state index contributed by atoms with van der Waals surface area (Å²) in [4.78, 5) is 12.3. The van der Waals surface area contributed by atoms with Crippen molar-refractivity contribution in [3.8, 4) is 0 Å². The number of fused-ring (bicyclic) bond motifs is 1. The van der Waals surface area contributed by atoms with Crippen LogP contribution in [-0.2, 0) is 4.79 Å². The third-order valence-electron chi connectivity index (χ3n) is 5.43. The van der Waals surface area contributed by atoms with E-state index in [9.17, 15) is 4.79 Å². The van der Waals surface area contributed by atoms with E-state index >= 15 is 0 Å². The van der Waals surface area contributed by atoms with Gasteiger partial charge in [-0.15, -0.1) is 0 Å². The van der Waals surface area contributed by atoms with Crippen LogP contribution in [-0.4, -0.2) is 18.5 Å². The van der Waals surface area contributed by atoms with Crippen LogP contribution in [0.15, 0.2) is 42.5 Å². The summed E-state index contributed by atoms with van der Waals surface area (Å²) in [5.41, 5.74) is 1.30. The topological polar surface area (TPSA) is 45.7 Å². The van der Waals surface area contributed by atoms with E-state index < -0.39 is 0 Å². The highest BCUT2D eigenvalue weighted by Gasteiger charge is 2.23. The van der Waals surface area contributed by atoms with Gasteiger partial charge >= 0.3 is 0 Å². The molecule has 3 atom stereocenters. The molecule has 0 aromatic heterocycles. The van der Waals surface area contributed by atoms with Crippen molar-refractivity contribution in [3.63, 3.8) is 0 Å². The molecule has 2 aromatic rings. The van der Waals surface area contributed by atoms with Crippen molar-refractivity contribution >= 4 is 16.7 Å². The highest BCUT2D eigenvalue weighted by atomic mass is 16.2. The molecule has 128 valence electrons. The number of benzene rings is 2. The molecule has 1 fully saturated rings. The first kappa shape index (κ1) is 17.0. The van der Waals surface area contributed by atoms with Crippen LogP contribution in [0.1, 0.15) is 51.1 Å². The number of amides is 1. The van der Waals surface area contributed by atoms with E-state index in [1.54, 1.807) is 0 Å². The van der Waals surface area contributed by atoms with Gasteiger partial charge in [-0.2, -0.15) is 0 Å². The Kier molecular flexibility index (Phi) is 5.52. The molecule has 2 aromatic carbocycles. The Labute approximate surface area is 144 Å². The van der Waals surface area contributed by atoms with Gasteiger partial charge < -0.3 is 10.6 Å². The summed E-state index contributed by atoms with van der Waals surface area (Å²) in [6, 6.07) is 15.5. The van der Waals surface area contributed by atoms with Crippen LogP contribution in [0.5, 0.6) is 0 Å². The Hall–Kier alpha value is -1.87. The van der Waals surface area contributed by atoms with Crippen molar-refractivity contribution in [1.82, 2.24) is 5.32 Å². The average Bonchev–Trinajstić information content (AvgIpc) is 2.61. The first-order chi connectivity index (χ1) is 11.6. The lowest BCUT2D eigenvalue weighted by Crippen LogP contribution is -2.87. The van der Waals surface area contributed by atoms with Crippen molar-refractivity contribution < 1.29 is 10.1 Å². The smallest absolute Gasteiger partial charge is 0.275 e. The van der Waals surface area contributed by atoms with Gasteiger partial charge in [0, 0.05) is 11.6 Å². The largest absolute Gasteiger partial charge is 0.348 e. The molecule has 1 aliphatic carbocycles. The van der Waals surface area contributed by atoms with E-state index in [0.717, 1.165) is 6.42 Å². The molecule has 1 amide bonds. The maximum atomic E-state index is 12.3. The van der Waals surface area contributed by atoms with Gasteiger partial charge in [-0.05, 0) is 36.5 Å². The molecule has 24 heavy (non-hydrogen) atoms. The minimum atomic E-state index is 0.167. The normalized spacial score (nSPS) is 22.2. The number of hydrogen-bond donors (Lipinski definition) is 2. The Bertz CT molecular complexity index is 692. The van der Waals surface area contributed by atoms with Crippen molar-refractivity contribution in [3.05, 3.63) is 48.0 Å². The zero-order valence-corrected chi connectivity index (χ0v) is 14.8. The first-order valence-electron chi connectivity index (χ1n) is 9.25. The predicted molar refractivity (Wildman–Crippen MR) is 98.7 cm³/mol. The van der Waals surface area contributed by atoms with Crippen molar-refractivity contribution in [2.45, 2.75) is 51.6 Å². The van der Waals surface area contributed by atoms with Crippen LogP contribution >= 0.6 is 0 Å². The van der Waals surface area contributed by atoms with Crippen molar-refractivity contribution in [1.29, 1.82) is 0 Å². The highest BCUT2D eigenvalue weighted by Crippen LogP contribution is 2.24. The minimum Gasteiger partial charge on any atom is -0.348 e. The molecule has 1 saturated carbocycles. The standard InChI is InChI=1S/C21H28N2O/c1-15-8-3-6-13-20(15)23-21(24)14-22-16(2)18-12-7-10-17-9-4-5-11-19(17)18/h4-5,7,9-12,15-16,20,22H,3,6,8,13-14H2,1-2H3,(H,23,24)/p+1/t15-,16-,20+/m0/s1. The van der Waals surface area contributed by atoms with E-state index in [-0.39, 0.29) is 11.9 Å². The van der Waals surface area contributed by atoms with Crippen LogP contribution < -0.4 is 10.6 Å². The molecule has 0 heterocycles. The maximum Gasteiger partial charge on any atom is 0.275 e. The lowest BCUT2D eigenvalue weighted by Gasteiger charge is -2.29. The summed E-state index contributed by atoms with van der Waals surface area (Å²) in [6.07, 6.45) is 4.91. The van der Waals surface area contributed by atoms with Crippen LogP contribution in [0, 0.1) is 5.92 Å². The molecule has 0 saturated heterocycles. The van der Waals surface area contributed by atoms with Gasteiger partial charge in [0.1, 0.15) is 6.04 Å². The first-order valence-corrected chi connectivity index (χ1v) is 9.25. The van der Waals surface area contributed by atoms with E-state index in [0.29, 0.717) is 18.5 Å². The molecule has 3 rings (SSSR count). The van der Waals surface area contributed by atoms with Crippen molar-refractivity contribution in [2.24, 2.45) is 5.92 Å². The zero-order chi connectivity index (χ0) is 16.9. The summed E-state index contributed by atoms with van der Waals surface area (Å²) in [5, 5.41) is 7.93. The second-order valence-electron chi connectivity index (χ2n) is 7.23. The van der Waals surface area contributed by atoms with Gasteiger partial charge in [0.05, 0.1) is 0 Å². The number of rotatable bonds is 5. The molecule has 0 radical (unpaired) electrons. The monoisotopic (exact) mass is 325 g/mol. The van der Waals surface area contributed by atoms with Crippen LogP contribution in [0.25, 0.3) is 10.8 Å². The van der Waals surface area contributed by atoms with Gasteiger partial charge in [0.25, 0.3) is 5.91 Å². The Morgan fingerprint density at radius 3 is 2.75 bits per heavy atom. The fourth-order valence-electron chi connectivity index (χ4n) is 3.85. The lowest BCUT2D eigenvalue weighted by molar-refractivity contribution is -0.682. The summed E-state index contributed by atoms with van der Waals surface area (Å²) < 4.78 is 0. The number of hydrogen-bond acceptors (Lipinski definition) is 1. The summed E-state index contributed by atoms with van der Waals surface area (Å²) in [7, 11) is 0. The van der Waals surface area contributed by atoms with Gasteiger partial charge in [-0.3, -0.25) is 4.79 Å². The predicted octanol–water partition coefficient (Wildman–Crippen LogP) is 3.16. The molecule has 3 heteroatoms. The molecule has 3 nitrogen and oxygen atoms in total. The second kappa shape index (κ2) is 7.80. The van der Waals surface area contributed by atoms with Crippen LogP contribution in [0.3, 0.4) is 0 Å². The molecule has 1 aliphatic rings. The highest BCUT2D eigenvalue weighted by molar-refractivity contribution is 5.86. The molecule has 0 bridgehead atoms. The van der Waals surface area contributed by atoms with Gasteiger partial charge in [-0.1, -0.05) is 62.2 Å². The number of nitrogens with one attached hydrogen (secondary N) is 1. The average molecular weight is 325 g/mol. The minimum absolute atomic E-state index is 0.167. The third kappa shape index (κ3) is 3.96. The SMILES string of the molecule is C[C@H]([NH2+]CC(=O)N[C@@H]1CCCC[C@@H]1C)c1cccc2ccccc12. The Morgan fingerprint density at radius 2 is 1.92 bits per heavy atom. The number of quaternary nitrogens is 1. The molecule has 0 unspecified atom stereocenters. The summed E-state index contributed by atoms with van der Waals surface area (Å²) >= 11 is 0. The zero-order valence-electron chi connectivity index (χ0n) is 14.8.